The molecule has 0 aromatic rings. The summed E-state index contributed by atoms with van der Waals surface area (Å²) in [5.41, 5.74) is 0. The molecule has 1 aliphatic heterocycles. The molecule has 19 heavy (non-hydrogen) atoms. The van der Waals surface area contributed by atoms with Crippen LogP contribution in [0.2, 0.25) is 0 Å². The molecule has 1 fully saturated rings. The molecule has 3 amide bonds. The van der Waals surface area contributed by atoms with Crippen LogP contribution in [0.25, 0.3) is 0 Å². The van der Waals surface area contributed by atoms with E-state index >= 15 is 0 Å². The Bertz CT molecular complexity index is 381. The van der Waals surface area contributed by atoms with E-state index in [9.17, 15) is 14.4 Å². The normalized spacial score (nSPS) is 20.2. The van der Waals surface area contributed by atoms with E-state index in [1.54, 1.807) is 0 Å². The van der Waals surface area contributed by atoms with Gasteiger partial charge in [0, 0.05) is 25.2 Å². The Balaban J connectivity index is 2.24. The van der Waals surface area contributed by atoms with Crippen molar-refractivity contribution in [3.05, 3.63) is 12.2 Å². The number of hydrogen-bond acceptors (Lipinski definition) is 4. The van der Waals surface area contributed by atoms with Crippen LogP contribution in [0.3, 0.4) is 0 Å². The van der Waals surface area contributed by atoms with E-state index in [1.807, 2.05) is 12.4 Å². The van der Waals surface area contributed by atoms with Crippen LogP contribution in [0.5, 0.6) is 0 Å². The topological polar surface area (TPSA) is 98.7 Å². The van der Waals surface area contributed by atoms with E-state index in [-0.39, 0.29) is 0 Å². The van der Waals surface area contributed by atoms with Crippen molar-refractivity contribution in [2.45, 2.75) is 12.8 Å². The summed E-state index contributed by atoms with van der Waals surface area (Å²) in [4.78, 5) is 34.9. The summed E-state index contributed by atoms with van der Waals surface area (Å²) in [7, 11) is 2.03. The lowest BCUT2D eigenvalue weighted by atomic mass is 9.99. The molecule has 7 heteroatoms. The molecule has 1 aliphatic rings. The van der Waals surface area contributed by atoms with Gasteiger partial charge in [0.1, 0.15) is 0 Å². The van der Waals surface area contributed by atoms with Crippen molar-refractivity contribution in [1.82, 2.24) is 15.5 Å². The van der Waals surface area contributed by atoms with Gasteiger partial charge in [-0.05, 0) is 32.4 Å². The second-order valence-electron chi connectivity index (χ2n) is 4.64. The molecule has 106 valence electrons. The van der Waals surface area contributed by atoms with E-state index in [1.165, 1.54) is 0 Å². The molecule has 1 rings (SSSR count). The number of imide groups is 1. The first-order chi connectivity index (χ1) is 8.97. The van der Waals surface area contributed by atoms with Crippen molar-refractivity contribution in [3.63, 3.8) is 0 Å². The van der Waals surface area contributed by atoms with Gasteiger partial charge in [-0.2, -0.15) is 0 Å². The Hall–Kier alpha value is -1.89. The summed E-state index contributed by atoms with van der Waals surface area (Å²) in [6.45, 7) is 2.50. The van der Waals surface area contributed by atoms with E-state index < -0.39 is 17.9 Å². The molecule has 1 heterocycles. The number of carbonyl (C=O) groups excluding carboxylic acids is 2. The van der Waals surface area contributed by atoms with Gasteiger partial charge >= 0.3 is 12.0 Å². The van der Waals surface area contributed by atoms with Crippen LogP contribution in [-0.2, 0) is 9.59 Å². The van der Waals surface area contributed by atoms with Gasteiger partial charge in [-0.1, -0.05) is 0 Å². The average molecular weight is 269 g/mol. The predicted octanol–water partition coefficient (Wildman–Crippen LogP) is -0.205. The average Bonchev–Trinajstić information content (AvgIpc) is 2.34. The van der Waals surface area contributed by atoms with Gasteiger partial charge in [-0.25, -0.2) is 9.59 Å². The van der Waals surface area contributed by atoms with Crippen molar-refractivity contribution in [2.75, 3.05) is 26.7 Å². The van der Waals surface area contributed by atoms with Crippen molar-refractivity contribution in [3.8, 4) is 0 Å². The minimum Gasteiger partial charge on any atom is -0.478 e. The van der Waals surface area contributed by atoms with Gasteiger partial charge in [0.05, 0.1) is 0 Å². The second kappa shape index (κ2) is 7.52. The van der Waals surface area contributed by atoms with Crippen LogP contribution < -0.4 is 10.6 Å². The Labute approximate surface area is 111 Å². The highest BCUT2D eigenvalue weighted by Gasteiger charge is 2.17. The maximum absolute atomic E-state index is 11.4. The van der Waals surface area contributed by atoms with Gasteiger partial charge in [0.2, 0.25) is 0 Å². The molecular formula is C12H19N3O4. The summed E-state index contributed by atoms with van der Waals surface area (Å²) in [5, 5.41) is 13.0. The fraction of sp³-hybridized carbons (Fsp3) is 0.583. The maximum atomic E-state index is 11.4. The van der Waals surface area contributed by atoms with Crippen LogP contribution >= 0.6 is 0 Å². The predicted molar refractivity (Wildman–Crippen MR) is 68.5 cm³/mol. The zero-order valence-electron chi connectivity index (χ0n) is 10.9. The molecule has 1 saturated heterocycles. The number of carboxylic acids is 1. The summed E-state index contributed by atoms with van der Waals surface area (Å²) in [6.07, 6.45) is 3.64. The minimum absolute atomic E-state index is 0.383. The van der Waals surface area contributed by atoms with Crippen LogP contribution in [0.15, 0.2) is 12.2 Å². The van der Waals surface area contributed by atoms with Gasteiger partial charge in [-0.15, -0.1) is 0 Å². The Morgan fingerprint density at radius 3 is 2.74 bits per heavy atom. The number of likely N-dealkylation sites (tertiary alicyclic amines) is 1. The summed E-state index contributed by atoms with van der Waals surface area (Å²) < 4.78 is 0. The van der Waals surface area contributed by atoms with E-state index in [2.05, 4.69) is 10.2 Å². The first kappa shape index (κ1) is 15.2. The highest BCUT2D eigenvalue weighted by Crippen LogP contribution is 2.13. The third-order valence-electron chi connectivity index (χ3n) is 2.89. The fourth-order valence-electron chi connectivity index (χ4n) is 2.02. The van der Waals surface area contributed by atoms with Crippen LogP contribution in [-0.4, -0.2) is 54.6 Å². The molecule has 0 aromatic heterocycles. The number of carbonyl (C=O) groups is 3. The molecule has 0 radical (unpaired) electrons. The zero-order chi connectivity index (χ0) is 14.3. The number of carboxylic acid groups (broad SMARTS) is 1. The molecule has 0 aliphatic carbocycles. The lowest BCUT2D eigenvalue weighted by molar-refractivity contribution is -0.131. The SMILES string of the molecule is CN1CCCC(CNC(=O)NC(=O)C=CC(=O)O)C1. The quantitative estimate of drug-likeness (QED) is 0.614. The molecule has 1 atom stereocenters. The summed E-state index contributed by atoms with van der Waals surface area (Å²) >= 11 is 0. The van der Waals surface area contributed by atoms with Crippen molar-refractivity contribution in [2.24, 2.45) is 5.92 Å². The standard InChI is InChI=1S/C12H19N3O4/c1-15-6-2-3-9(8-15)7-13-12(19)14-10(16)4-5-11(17)18/h4-5,9H,2-3,6-8H2,1H3,(H,17,18)(H2,13,14,16,19). The van der Waals surface area contributed by atoms with Crippen LogP contribution in [0, 0.1) is 5.92 Å². The number of rotatable bonds is 4. The van der Waals surface area contributed by atoms with Gasteiger partial charge < -0.3 is 15.3 Å². The highest BCUT2D eigenvalue weighted by molar-refractivity contribution is 6.02. The number of aliphatic carboxylic acids is 1. The van der Waals surface area contributed by atoms with Crippen LogP contribution in [0.1, 0.15) is 12.8 Å². The van der Waals surface area contributed by atoms with Crippen molar-refractivity contribution in [1.29, 1.82) is 0 Å². The van der Waals surface area contributed by atoms with E-state index in [0.717, 1.165) is 32.0 Å². The third kappa shape index (κ3) is 6.56. The second-order valence-corrected chi connectivity index (χ2v) is 4.64. The molecule has 0 saturated carbocycles. The minimum atomic E-state index is -1.24. The number of urea groups is 1. The zero-order valence-corrected chi connectivity index (χ0v) is 10.9. The number of piperidine rings is 1. The molecule has 3 N–H and O–H groups in total. The first-order valence-electron chi connectivity index (χ1n) is 6.15. The molecule has 0 bridgehead atoms. The highest BCUT2D eigenvalue weighted by atomic mass is 16.4. The molecule has 0 spiro atoms. The number of nitrogens with zero attached hydrogens (tertiary/aromatic N) is 1. The maximum Gasteiger partial charge on any atom is 0.328 e. The van der Waals surface area contributed by atoms with Gasteiger partial charge in [0.15, 0.2) is 0 Å². The van der Waals surface area contributed by atoms with Gasteiger partial charge in [0.25, 0.3) is 5.91 Å². The number of nitrogens with one attached hydrogen (secondary N) is 2. The molecule has 7 nitrogen and oxygen atoms in total. The smallest absolute Gasteiger partial charge is 0.328 e. The number of hydrogen-bond donors (Lipinski definition) is 3. The first-order valence-corrected chi connectivity index (χ1v) is 6.15. The molecular weight excluding hydrogens is 250 g/mol. The molecule has 0 aromatic carbocycles. The van der Waals surface area contributed by atoms with E-state index in [4.69, 9.17) is 5.11 Å². The van der Waals surface area contributed by atoms with Gasteiger partial charge in [-0.3, -0.25) is 10.1 Å². The third-order valence-corrected chi connectivity index (χ3v) is 2.89. The lowest BCUT2D eigenvalue weighted by Gasteiger charge is -2.29. The van der Waals surface area contributed by atoms with Crippen molar-refractivity contribution >= 4 is 17.9 Å². The Kier molecular flexibility index (Phi) is 6.01. The largest absolute Gasteiger partial charge is 0.478 e. The summed E-state index contributed by atoms with van der Waals surface area (Å²) in [5.74, 6) is -1.60. The van der Waals surface area contributed by atoms with E-state index in [0.29, 0.717) is 18.5 Å². The lowest BCUT2D eigenvalue weighted by Crippen LogP contribution is -2.44. The monoisotopic (exact) mass is 269 g/mol. The van der Waals surface area contributed by atoms with Crippen LogP contribution in [0.4, 0.5) is 4.79 Å². The fourth-order valence-corrected chi connectivity index (χ4v) is 2.02. The Morgan fingerprint density at radius 2 is 2.11 bits per heavy atom. The Morgan fingerprint density at radius 1 is 1.37 bits per heavy atom. The number of amides is 3. The van der Waals surface area contributed by atoms with Crippen molar-refractivity contribution < 1.29 is 19.5 Å². The summed E-state index contributed by atoms with van der Waals surface area (Å²) in [6, 6.07) is -0.603. The molecule has 1 unspecified atom stereocenters.